The molecular weight excluding hydrogens is 432 g/mol. The second-order valence-corrected chi connectivity index (χ2v) is 8.82. The average molecular weight is 483 g/mol. The van der Waals surface area contributed by atoms with Crippen molar-refractivity contribution in [3.8, 4) is 11.8 Å². The van der Waals surface area contributed by atoms with Crippen LogP contribution in [0.3, 0.4) is 0 Å². The molecule has 3 nitrogen and oxygen atoms in total. The summed E-state index contributed by atoms with van der Waals surface area (Å²) >= 11 is 0. The van der Waals surface area contributed by atoms with Gasteiger partial charge in [0.15, 0.2) is 0 Å². The fraction of sp³-hybridized carbons (Fsp3) is 0.594. The summed E-state index contributed by atoms with van der Waals surface area (Å²) in [5.74, 6) is 5.71. The summed E-state index contributed by atoms with van der Waals surface area (Å²) in [6, 6.07) is 0. The number of hydrogen-bond donors (Lipinski definition) is 1. The Bertz CT molecular complexity index is 671. The van der Waals surface area contributed by atoms with E-state index in [4.69, 9.17) is 5.26 Å². The molecule has 35 heavy (non-hydrogen) atoms. The summed E-state index contributed by atoms with van der Waals surface area (Å²) in [7, 11) is 0. The maximum atomic E-state index is 10.8. The van der Waals surface area contributed by atoms with Gasteiger partial charge in [-0.1, -0.05) is 125 Å². The maximum absolute atomic E-state index is 10.8. The molecule has 0 saturated heterocycles. The van der Waals surface area contributed by atoms with Crippen molar-refractivity contribution >= 4 is 5.97 Å². The third-order valence-electron chi connectivity index (χ3n) is 5.58. The van der Waals surface area contributed by atoms with E-state index in [2.05, 4.69) is 72.3 Å². The van der Waals surface area contributed by atoms with E-state index in [1.165, 1.54) is 57.8 Å². The number of unbranched alkanes of at least 4 members (excludes halogenated alkanes) is 12. The molecule has 1 N–H and O–H groups in total. The highest BCUT2D eigenvalue weighted by atomic mass is 17.1. The molecule has 0 bridgehead atoms. The molecule has 0 heterocycles. The zero-order valence-corrected chi connectivity index (χ0v) is 22.3. The molecule has 0 aliphatic rings. The highest BCUT2D eigenvalue weighted by molar-refractivity contribution is 5.68. The van der Waals surface area contributed by atoms with Crippen molar-refractivity contribution in [2.24, 2.45) is 0 Å². The summed E-state index contributed by atoms with van der Waals surface area (Å²) in [6.45, 7) is 2.15. The van der Waals surface area contributed by atoms with Crippen LogP contribution in [0.1, 0.15) is 122 Å². The highest BCUT2D eigenvalue weighted by Gasteiger charge is 2.00. The Kier molecular flexibility index (Phi) is 27.8. The average Bonchev–Trinajstić information content (AvgIpc) is 2.87. The van der Waals surface area contributed by atoms with Gasteiger partial charge < -0.3 is 4.89 Å². The molecule has 3 heteroatoms. The van der Waals surface area contributed by atoms with Crippen LogP contribution >= 0.6 is 0 Å². The minimum Gasteiger partial charge on any atom is -0.301 e. The van der Waals surface area contributed by atoms with Gasteiger partial charge in [0.2, 0.25) is 0 Å². The Morgan fingerprint density at radius 3 is 1.97 bits per heavy atom. The smallest absolute Gasteiger partial charge is 0.301 e. The first-order valence-electron chi connectivity index (χ1n) is 13.9. The summed E-state index contributed by atoms with van der Waals surface area (Å²) in [5.41, 5.74) is 0. The summed E-state index contributed by atoms with van der Waals surface area (Å²) in [5, 5.41) is 8.18. The van der Waals surface area contributed by atoms with Crippen LogP contribution in [0.4, 0.5) is 0 Å². The molecule has 0 unspecified atom stereocenters. The number of hydrogen-bond acceptors (Lipinski definition) is 3. The zero-order chi connectivity index (χ0) is 25.5. The van der Waals surface area contributed by atoms with Gasteiger partial charge in [0.05, 0.1) is 0 Å². The van der Waals surface area contributed by atoms with Crippen molar-refractivity contribution in [3.05, 3.63) is 60.8 Å². The Morgan fingerprint density at radius 1 is 0.686 bits per heavy atom. The van der Waals surface area contributed by atoms with Crippen molar-refractivity contribution in [2.45, 2.75) is 122 Å². The number of allylic oxidation sites excluding steroid dienone is 10. The molecule has 0 saturated carbocycles. The quantitative estimate of drug-likeness (QED) is 0.0417. The van der Waals surface area contributed by atoms with Gasteiger partial charge in [-0.3, -0.25) is 0 Å². The van der Waals surface area contributed by atoms with Gasteiger partial charge in [0.25, 0.3) is 0 Å². The van der Waals surface area contributed by atoms with Crippen molar-refractivity contribution in [1.82, 2.24) is 0 Å². The predicted molar refractivity (Wildman–Crippen MR) is 151 cm³/mol. The molecule has 0 aromatic rings. The van der Waals surface area contributed by atoms with Gasteiger partial charge in [-0.25, -0.2) is 4.79 Å². The molecule has 0 aromatic heterocycles. The van der Waals surface area contributed by atoms with Crippen molar-refractivity contribution in [2.75, 3.05) is 0 Å². The van der Waals surface area contributed by atoms with Crippen LogP contribution in [-0.2, 0) is 9.68 Å². The fourth-order valence-corrected chi connectivity index (χ4v) is 3.54. The molecule has 0 aromatic carbocycles. The van der Waals surface area contributed by atoms with Gasteiger partial charge in [0.1, 0.15) is 0 Å². The third kappa shape index (κ3) is 29.7. The predicted octanol–water partition coefficient (Wildman–Crippen LogP) is 9.83. The first-order valence-corrected chi connectivity index (χ1v) is 13.9. The molecule has 0 amide bonds. The standard InChI is InChI=1S/C32H50O3/c1-2-3-4-5-6-7-8-9-10-11-12-13-14-15-16-17-18-19-20-21-22-23-24-25-26-27-28-29-30-31-32(33)35-34/h3-4,9-12,15-16,18-19,34H,2,5-6,13-14,17,20-31H2,1H3. The largest absolute Gasteiger partial charge is 0.342 e. The van der Waals surface area contributed by atoms with E-state index in [0.717, 1.165) is 51.4 Å². The first kappa shape index (κ1) is 32.7. The molecule has 0 rings (SSSR count). The monoisotopic (exact) mass is 482 g/mol. The van der Waals surface area contributed by atoms with E-state index >= 15 is 0 Å². The van der Waals surface area contributed by atoms with Crippen molar-refractivity contribution in [3.63, 3.8) is 0 Å². The molecule has 0 aliphatic heterocycles. The van der Waals surface area contributed by atoms with Gasteiger partial charge in [-0.15, -0.1) is 0 Å². The van der Waals surface area contributed by atoms with E-state index in [0.29, 0.717) is 6.42 Å². The van der Waals surface area contributed by atoms with Gasteiger partial charge in [0, 0.05) is 12.8 Å². The van der Waals surface area contributed by atoms with Crippen molar-refractivity contribution in [1.29, 1.82) is 0 Å². The second-order valence-electron chi connectivity index (χ2n) is 8.82. The Hall–Kier alpha value is -2.31. The molecule has 0 radical (unpaired) electrons. The Balaban J connectivity index is 3.38. The SMILES string of the molecule is CCC=CCCC#CC=CC=CCCC=CCC=CCCCCCCCCCCCCC(=O)OO. The molecule has 0 aliphatic carbocycles. The lowest BCUT2D eigenvalue weighted by Gasteiger charge is -2.02. The van der Waals surface area contributed by atoms with E-state index in [1.807, 2.05) is 12.2 Å². The van der Waals surface area contributed by atoms with E-state index in [9.17, 15) is 4.79 Å². The topological polar surface area (TPSA) is 46.5 Å². The summed E-state index contributed by atoms with van der Waals surface area (Å²) < 4.78 is 0. The molecular formula is C32H50O3. The third-order valence-corrected chi connectivity index (χ3v) is 5.58. The van der Waals surface area contributed by atoms with Crippen molar-refractivity contribution < 1.29 is 14.9 Å². The van der Waals surface area contributed by atoms with Gasteiger partial charge in [-0.2, -0.15) is 5.26 Å². The van der Waals surface area contributed by atoms with Crippen LogP contribution in [0, 0.1) is 11.8 Å². The van der Waals surface area contributed by atoms with Crippen LogP contribution < -0.4 is 0 Å². The summed E-state index contributed by atoms with van der Waals surface area (Å²) in [6.07, 6.45) is 41.7. The number of carbonyl (C=O) groups is 1. The highest BCUT2D eigenvalue weighted by Crippen LogP contribution is 2.12. The van der Waals surface area contributed by atoms with Crippen LogP contribution in [0.15, 0.2) is 60.8 Å². The summed E-state index contributed by atoms with van der Waals surface area (Å²) in [4.78, 5) is 14.4. The second kappa shape index (κ2) is 29.7. The van der Waals surface area contributed by atoms with E-state index in [-0.39, 0.29) is 0 Å². The normalized spacial score (nSPS) is 11.9. The van der Waals surface area contributed by atoms with Crippen LogP contribution in [0.2, 0.25) is 0 Å². The lowest BCUT2D eigenvalue weighted by molar-refractivity contribution is -0.234. The maximum Gasteiger partial charge on any atom is 0.342 e. The Labute approximate surface area is 216 Å². The minimum atomic E-state index is -0.521. The first-order chi connectivity index (χ1) is 17.3. The molecule has 0 spiro atoms. The van der Waals surface area contributed by atoms with Gasteiger partial charge in [-0.05, 0) is 57.4 Å². The molecule has 196 valence electrons. The molecule has 0 fully saturated rings. The van der Waals surface area contributed by atoms with E-state index in [1.54, 1.807) is 0 Å². The zero-order valence-electron chi connectivity index (χ0n) is 22.3. The lowest BCUT2D eigenvalue weighted by Crippen LogP contribution is -1.99. The minimum absolute atomic E-state index is 0.325. The fourth-order valence-electron chi connectivity index (χ4n) is 3.54. The van der Waals surface area contributed by atoms with Crippen LogP contribution in [0.25, 0.3) is 0 Å². The van der Waals surface area contributed by atoms with E-state index < -0.39 is 5.97 Å². The van der Waals surface area contributed by atoms with Gasteiger partial charge >= 0.3 is 5.97 Å². The molecule has 0 atom stereocenters. The Morgan fingerprint density at radius 2 is 1.29 bits per heavy atom. The van der Waals surface area contributed by atoms with Crippen LogP contribution in [-0.4, -0.2) is 11.2 Å². The van der Waals surface area contributed by atoms with Crippen LogP contribution in [0.5, 0.6) is 0 Å². The number of carbonyl (C=O) groups excluding carboxylic acids is 1. The lowest BCUT2D eigenvalue weighted by atomic mass is 10.1. The number of rotatable bonds is 22.